The summed E-state index contributed by atoms with van der Waals surface area (Å²) < 4.78 is 16.3. The van der Waals surface area contributed by atoms with E-state index in [1.807, 2.05) is 23.5 Å². The van der Waals surface area contributed by atoms with Gasteiger partial charge in [-0.15, -0.1) is 22.7 Å². The molecule has 0 N–H and O–H groups in total. The molecular weight excluding hydrogens is 689 g/mol. The Bertz CT molecular complexity index is 3820. The number of rotatable bonds is 2. The van der Waals surface area contributed by atoms with Gasteiger partial charge in [0.05, 0.1) is 37.8 Å². The van der Waals surface area contributed by atoms with Gasteiger partial charge >= 0.3 is 0 Å². The number of benzene rings is 6. The normalized spacial score (nSPS) is 13.7. The fourth-order valence-corrected chi connectivity index (χ4v) is 11.9. The minimum absolute atomic E-state index is 0.701. The van der Waals surface area contributed by atoms with E-state index in [1.165, 1.54) is 68.5 Å². The van der Waals surface area contributed by atoms with Gasteiger partial charge in [0, 0.05) is 73.8 Å². The van der Waals surface area contributed by atoms with Crippen molar-refractivity contribution < 1.29 is 4.42 Å². The van der Waals surface area contributed by atoms with E-state index in [1.54, 1.807) is 11.3 Å². The van der Waals surface area contributed by atoms with E-state index in [4.69, 9.17) is 14.4 Å². The summed E-state index contributed by atoms with van der Waals surface area (Å²) in [7, 11) is 0. The van der Waals surface area contributed by atoms with E-state index < -0.39 is 0 Å². The smallest absolute Gasteiger partial charge is 0.235 e. The maximum absolute atomic E-state index is 6.40. The number of fused-ring (bicyclic) bond motifs is 10. The summed E-state index contributed by atoms with van der Waals surface area (Å²) in [5.41, 5.74) is 9.85. The first-order valence-corrected chi connectivity index (χ1v) is 19.7. The highest BCUT2D eigenvalue weighted by Crippen LogP contribution is 2.48. The van der Waals surface area contributed by atoms with Crippen molar-refractivity contribution in [2.45, 2.75) is 12.8 Å². The van der Waals surface area contributed by atoms with Gasteiger partial charge in [0.15, 0.2) is 0 Å². The van der Waals surface area contributed by atoms with E-state index in [2.05, 4.69) is 118 Å². The number of aromatic nitrogens is 4. The monoisotopic (exact) mass is 712 g/mol. The molecule has 0 aliphatic heterocycles. The third kappa shape index (κ3) is 3.26. The third-order valence-corrected chi connectivity index (χ3v) is 14.0. The van der Waals surface area contributed by atoms with E-state index in [9.17, 15) is 0 Å². The Balaban J connectivity index is 1.16. The molecule has 0 amide bonds. The molecule has 7 aromatic heterocycles. The molecule has 1 aliphatic carbocycles. The van der Waals surface area contributed by atoms with Crippen LogP contribution in [0.25, 0.3) is 124 Å². The number of nitrogens with zero attached hydrogens (tertiary/aromatic N) is 4. The minimum Gasteiger partial charge on any atom is -0.456 e. The van der Waals surface area contributed by atoms with Crippen molar-refractivity contribution in [3.63, 3.8) is 0 Å². The Labute approximate surface area is 307 Å². The van der Waals surface area contributed by atoms with Crippen molar-refractivity contribution in [2.24, 2.45) is 0 Å². The van der Waals surface area contributed by atoms with Crippen molar-refractivity contribution in [3.05, 3.63) is 126 Å². The van der Waals surface area contributed by atoms with Gasteiger partial charge in [-0.1, -0.05) is 72.8 Å². The van der Waals surface area contributed by atoms with Crippen LogP contribution in [0.3, 0.4) is 0 Å². The molecule has 0 radical (unpaired) electrons. The van der Waals surface area contributed by atoms with Crippen LogP contribution in [-0.4, -0.2) is 18.9 Å². The molecular formula is C46H24N4OS2. The van der Waals surface area contributed by atoms with Crippen molar-refractivity contribution in [1.82, 2.24) is 18.9 Å². The SMILES string of the molecule is C1=c2c3c(n4c5ccccc5c5ccc6sc7ccc(c3c7c6c54)n2-c2nc(-c3ccc4c(c3)oc3ccccc34)c3sc4ccccc4c3n2)CC1. The molecule has 14 rings (SSSR count). The van der Waals surface area contributed by atoms with Crippen LogP contribution in [0.4, 0.5) is 0 Å². The fourth-order valence-electron chi connectivity index (χ4n) is 9.62. The van der Waals surface area contributed by atoms with Crippen LogP contribution in [0.1, 0.15) is 12.1 Å². The summed E-state index contributed by atoms with van der Waals surface area (Å²) in [5, 5.41) is 12.6. The molecule has 0 atom stereocenters. The number of furan rings is 1. The van der Waals surface area contributed by atoms with Crippen LogP contribution in [-0.2, 0) is 6.42 Å². The van der Waals surface area contributed by atoms with Gasteiger partial charge in [0.25, 0.3) is 0 Å². The molecule has 1 aliphatic rings. The highest BCUT2D eigenvalue weighted by molar-refractivity contribution is 7.26. The summed E-state index contributed by atoms with van der Waals surface area (Å²) in [4.78, 5) is 11.1. The van der Waals surface area contributed by atoms with Crippen LogP contribution in [0.5, 0.6) is 0 Å². The topological polar surface area (TPSA) is 48.3 Å². The van der Waals surface area contributed by atoms with Crippen molar-refractivity contribution in [1.29, 1.82) is 0 Å². The summed E-state index contributed by atoms with van der Waals surface area (Å²) >= 11 is 3.67. The van der Waals surface area contributed by atoms with Crippen LogP contribution in [0.2, 0.25) is 0 Å². The van der Waals surface area contributed by atoms with Gasteiger partial charge in [-0.05, 0) is 61.4 Å². The largest absolute Gasteiger partial charge is 0.456 e. The van der Waals surface area contributed by atoms with E-state index in [0.29, 0.717) is 5.95 Å². The average molecular weight is 713 g/mol. The fraction of sp³-hybridized carbons (Fsp3) is 0.0435. The maximum Gasteiger partial charge on any atom is 0.235 e. The first-order chi connectivity index (χ1) is 26.3. The molecule has 0 saturated carbocycles. The predicted molar refractivity (Wildman–Crippen MR) is 223 cm³/mol. The van der Waals surface area contributed by atoms with Crippen molar-refractivity contribution in [2.75, 3.05) is 0 Å². The molecule has 0 spiro atoms. The Kier molecular flexibility index (Phi) is 4.85. The second-order valence-electron chi connectivity index (χ2n) is 14.4. The zero-order valence-corrected chi connectivity index (χ0v) is 29.6. The number of aryl methyl sites for hydroxylation is 1. The molecule has 13 aromatic rings. The zero-order chi connectivity index (χ0) is 34.1. The summed E-state index contributed by atoms with van der Waals surface area (Å²) in [5.74, 6) is 0.701. The van der Waals surface area contributed by atoms with Crippen LogP contribution >= 0.6 is 22.7 Å². The summed E-state index contributed by atoms with van der Waals surface area (Å²) in [6.07, 6.45) is 4.34. The number of para-hydroxylation sites is 2. The molecule has 0 bridgehead atoms. The number of hydrogen-bond acceptors (Lipinski definition) is 5. The number of thiophene rings is 2. The number of hydrogen-bond donors (Lipinski definition) is 0. The molecule has 7 heteroatoms. The molecule has 5 nitrogen and oxygen atoms in total. The van der Waals surface area contributed by atoms with Crippen LogP contribution in [0.15, 0.2) is 120 Å². The van der Waals surface area contributed by atoms with Gasteiger partial charge in [-0.2, -0.15) is 0 Å². The van der Waals surface area contributed by atoms with Crippen molar-refractivity contribution >= 4 is 129 Å². The zero-order valence-electron chi connectivity index (χ0n) is 28.0. The molecule has 7 heterocycles. The van der Waals surface area contributed by atoms with Gasteiger partial charge in [-0.25, -0.2) is 9.97 Å². The lowest BCUT2D eigenvalue weighted by atomic mass is 10.0. The summed E-state index contributed by atoms with van der Waals surface area (Å²) in [6, 6.07) is 41.7. The minimum atomic E-state index is 0.701. The molecule has 246 valence electrons. The van der Waals surface area contributed by atoms with E-state index in [0.717, 1.165) is 67.2 Å². The standard InChI is InChI=1S/C46H24N4OS2/c1-4-11-29-24(8-1)27-18-20-37-41-40-36(52-37)21-19-32-39(40)38-30(49(29)44(27)41)12-7-13-31(38)50(32)46-47-42(45-43(48-46)28-10-3-6-15-35(28)53-45)23-16-17-26-25-9-2-5-14-33(25)51-34(26)22-23/h1-6,8-11,13-22H,7,12H2. The highest BCUT2D eigenvalue weighted by Gasteiger charge is 2.28. The molecule has 6 aromatic carbocycles. The third-order valence-electron chi connectivity index (χ3n) is 11.7. The lowest BCUT2D eigenvalue weighted by Gasteiger charge is -2.12. The highest BCUT2D eigenvalue weighted by atomic mass is 32.1. The second kappa shape index (κ2) is 9.38. The van der Waals surface area contributed by atoms with Crippen molar-refractivity contribution in [3.8, 4) is 17.2 Å². The Morgan fingerprint density at radius 1 is 0.585 bits per heavy atom. The average Bonchev–Trinajstić information content (AvgIpc) is 3.99. The molecule has 53 heavy (non-hydrogen) atoms. The first kappa shape index (κ1) is 27.4. The summed E-state index contributed by atoms with van der Waals surface area (Å²) in [6.45, 7) is 0. The second-order valence-corrected chi connectivity index (χ2v) is 16.5. The molecule has 0 saturated heterocycles. The van der Waals surface area contributed by atoms with Gasteiger partial charge in [0.2, 0.25) is 5.95 Å². The quantitative estimate of drug-likeness (QED) is 0.179. The maximum atomic E-state index is 6.40. The van der Waals surface area contributed by atoms with E-state index >= 15 is 0 Å². The first-order valence-electron chi connectivity index (χ1n) is 18.1. The van der Waals surface area contributed by atoms with Gasteiger partial charge < -0.3 is 8.82 Å². The predicted octanol–water partition coefficient (Wildman–Crippen LogP) is 12.2. The van der Waals surface area contributed by atoms with Gasteiger partial charge in [-0.3, -0.25) is 4.57 Å². The Hall–Kier alpha value is -6.28. The molecule has 0 unspecified atom stereocenters. The van der Waals surface area contributed by atoms with Crippen LogP contribution < -0.4 is 5.35 Å². The van der Waals surface area contributed by atoms with Crippen LogP contribution in [0, 0.1) is 0 Å². The van der Waals surface area contributed by atoms with E-state index in [-0.39, 0.29) is 0 Å². The lowest BCUT2D eigenvalue weighted by molar-refractivity contribution is 0.669. The Morgan fingerprint density at radius 2 is 1.38 bits per heavy atom. The Morgan fingerprint density at radius 3 is 2.34 bits per heavy atom. The molecule has 0 fully saturated rings. The van der Waals surface area contributed by atoms with Gasteiger partial charge in [0.1, 0.15) is 11.2 Å². The lowest BCUT2D eigenvalue weighted by Crippen LogP contribution is -2.21.